The van der Waals surface area contributed by atoms with Crippen LogP contribution in [-0.2, 0) is 0 Å². The number of amides is 1. The Labute approximate surface area is 107 Å². The molecule has 2 rings (SSSR count). The summed E-state index contributed by atoms with van der Waals surface area (Å²) in [7, 11) is 0. The van der Waals surface area contributed by atoms with Crippen molar-refractivity contribution in [2.45, 2.75) is 39.7 Å². The molecule has 100 valence electrons. The summed E-state index contributed by atoms with van der Waals surface area (Å²) in [6.45, 7) is 7.68. The number of carbonyl (C=O) groups excluding carboxylic acids is 1. The van der Waals surface area contributed by atoms with Crippen LogP contribution in [0.3, 0.4) is 0 Å². The van der Waals surface area contributed by atoms with Crippen molar-refractivity contribution >= 4 is 5.91 Å². The minimum absolute atomic E-state index is 0.0983. The number of hydrogen-bond acceptors (Lipinski definition) is 5. The Balaban J connectivity index is 1.89. The summed E-state index contributed by atoms with van der Waals surface area (Å²) in [6.07, 6.45) is 2.35. The molecular weight excluding hydrogens is 232 g/mol. The Morgan fingerprint density at radius 1 is 1.61 bits per heavy atom. The fourth-order valence-corrected chi connectivity index (χ4v) is 2.28. The zero-order chi connectivity index (χ0) is 13.2. The van der Waals surface area contributed by atoms with E-state index in [2.05, 4.69) is 34.6 Å². The van der Waals surface area contributed by atoms with Crippen LogP contribution < -0.4 is 10.6 Å². The van der Waals surface area contributed by atoms with Gasteiger partial charge >= 0.3 is 0 Å². The third-order valence-electron chi connectivity index (χ3n) is 3.53. The van der Waals surface area contributed by atoms with Gasteiger partial charge in [-0.25, -0.2) is 0 Å². The number of carbonyl (C=O) groups is 1. The lowest BCUT2D eigenvalue weighted by Crippen LogP contribution is -2.52. The summed E-state index contributed by atoms with van der Waals surface area (Å²) in [5, 5.41) is 9.89. The quantitative estimate of drug-likeness (QED) is 0.835. The first-order valence-electron chi connectivity index (χ1n) is 6.31. The SMILES string of the molecule is Cc1nc(C(=O)NCC2NCCCC2(C)C)no1. The zero-order valence-corrected chi connectivity index (χ0v) is 11.1. The van der Waals surface area contributed by atoms with Gasteiger partial charge in [0.05, 0.1) is 0 Å². The Morgan fingerprint density at radius 3 is 3.00 bits per heavy atom. The summed E-state index contributed by atoms with van der Waals surface area (Å²) in [5.74, 6) is 0.215. The molecule has 1 amide bonds. The molecule has 1 fully saturated rings. The lowest BCUT2D eigenvalue weighted by Gasteiger charge is -2.39. The molecular formula is C12H20N4O2. The van der Waals surface area contributed by atoms with Crippen LogP contribution >= 0.6 is 0 Å². The molecule has 2 heterocycles. The summed E-state index contributed by atoms with van der Waals surface area (Å²) < 4.78 is 4.78. The molecule has 1 unspecified atom stereocenters. The van der Waals surface area contributed by atoms with Gasteiger partial charge in [0.2, 0.25) is 5.89 Å². The molecule has 1 aliphatic rings. The Morgan fingerprint density at radius 2 is 2.39 bits per heavy atom. The number of nitrogens with one attached hydrogen (secondary N) is 2. The molecule has 2 N–H and O–H groups in total. The number of rotatable bonds is 3. The normalized spacial score (nSPS) is 22.7. The predicted octanol–water partition coefficient (Wildman–Crippen LogP) is 0.886. The third-order valence-corrected chi connectivity index (χ3v) is 3.53. The molecule has 1 aromatic heterocycles. The van der Waals surface area contributed by atoms with Crippen LogP contribution in [-0.4, -0.2) is 35.2 Å². The molecule has 0 aromatic carbocycles. The van der Waals surface area contributed by atoms with Gasteiger partial charge in [-0.1, -0.05) is 19.0 Å². The molecule has 1 atom stereocenters. The van der Waals surface area contributed by atoms with Crippen molar-refractivity contribution in [3.05, 3.63) is 11.7 Å². The molecule has 0 saturated carbocycles. The topological polar surface area (TPSA) is 80.0 Å². The van der Waals surface area contributed by atoms with E-state index in [9.17, 15) is 4.79 Å². The van der Waals surface area contributed by atoms with Crippen molar-refractivity contribution in [2.24, 2.45) is 5.41 Å². The van der Waals surface area contributed by atoms with Crippen molar-refractivity contribution in [2.75, 3.05) is 13.1 Å². The van der Waals surface area contributed by atoms with Crippen LogP contribution in [0.4, 0.5) is 0 Å². The first-order chi connectivity index (χ1) is 8.49. The van der Waals surface area contributed by atoms with Gasteiger partial charge in [0.15, 0.2) is 0 Å². The molecule has 1 aliphatic heterocycles. The van der Waals surface area contributed by atoms with E-state index in [1.807, 2.05) is 0 Å². The van der Waals surface area contributed by atoms with Crippen molar-refractivity contribution in [3.63, 3.8) is 0 Å². The van der Waals surface area contributed by atoms with Gasteiger partial charge < -0.3 is 15.2 Å². The molecule has 18 heavy (non-hydrogen) atoms. The van der Waals surface area contributed by atoms with Crippen molar-refractivity contribution in [1.29, 1.82) is 0 Å². The van der Waals surface area contributed by atoms with E-state index in [0.29, 0.717) is 12.4 Å². The Kier molecular flexibility index (Phi) is 3.65. The molecule has 0 radical (unpaired) electrons. The third kappa shape index (κ3) is 2.87. The number of aromatic nitrogens is 2. The van der Waals surface area contributed by atoms with Crippen molar-refractivity contribution < 1.29 is 9.32 Å². The van der Waals surface area contributed by atoms with Gasteiger partial charge in [0, 0.05) is 19.5 Å². The van der Waals surface area contributed by atoms with Crippen LogP contribution in [0.1, 0.15) is 43.2 Å². The maximum atomic E-state index is 11.8. The van der Waals surface area contributed by atoms with E-state index in [0.717, 1.165) is 6.54 Å². The monoisotopic (exact) mass is 252 g/mol. The van der Waals surface area contributed by atoms with E-state index in [4.69, 9.17) is 4.52 Å². The number of aryl methyl sites for hydroxylation is 1. The molecule has 0 spiro atoms. The maximum absolute atomic E-state index is 11.8. The summed E-state index contributed by atoms with van der Waals surface area (Å²) in [4.78, 5) is 15.7. The van der Waals surface area contributed by atoms with E-state index in [1.165, 1.54) is 12.8 Å². The fraction of sp³-hybridized carbons (Fsp3) is 0.750. The molecule has 6 heteroatoms. The minimum Gasteiger partial charge on any atom is -0.348 e. The first kappa shape index (κ1) is 13.0. The standard InChI is InChI=1S/C12H20N4O2/c1-8-15-10(16-18-8)11(17)14-7-9-12(2,3)5-4-6-13-9/h9,13H,4-7H2,1-3H3,(H,14,17). The minimum atomic E-state index is -0.282. The highest BCUT2D eigenvalue weighted by molar-refractivity contribution is 5.90. The van der Waals surface area contributed by atoms with Crippen molar-refractivity contribution in [3.8, 4) is 0 Å². The highest BCUT2D eigenvalue weighted by Crippen LogP contribution is 2.29. The molecule has 1 aromatic rings. The lowest BCUT2D eigenvalue weighted by molar-refractivity contribution is 0.0915. The Bertz CT molecular complexity index is 427. The first-order valence-corrected chi connectivity index (χ1v) is 6.31. The van der Waals surface area contributed by atoms with E-state index in [-0.39, 0.29) is 23.2 Å². The largest absolute Gasteiger partial charge is 0.348 e. The van der Waals surface area contributed by atoms with Gasteiger partial charge in [0.25, 0.3) is 11.7 Å². The van der Waals surface area contributed by atoms with Crippen LogP contribution in [0, 0.1) is 12.3 Å². The van der Waals surface area contributed by atoms with Gasteiger partial charge in [-0.15, -0.1) is 0 Å². The van der Waals surface area contributed by atoms with E-state index in [1.54, 1.807) is 6.92 Å². The van der Waals surface area contributed by atoms with Crippen LogP contribution in [0.2, 0.25) is 0 Å². The second-order valence-corrected chi connectivity index (χ2v) is 5.45. The van der Waals surface area contributed by atoms with E-state index < -0.39 is 0 Å². The number of hydrogen-bond donors (Lipinski definition) is 2. The lowest BCUT2D eigenvalue weighted by atomic mass is 9.77. The predicted molar refractivity (Wildman–Crippen MR) is 66.2 cm³/mol. The van der Waals surface area contributed by atoms with E-state index >= 15 is 0 Å². The molecule has 6 nitrogen and oxygen atoms in total. The van der Waals surface area contributed by atoms with Crippen molar-refractivity contribution in [1.82, 2.24) is 20.8 Å². The average molecular weight is 252 g/mol. The van der Waals surface area contributed by atoms with Crippen LogP contribution in [0.25, 0.3) is 0 Å². The molecule has 1 saturated heterocycles. The van der Waals surface area contributed by atoms with Gasteiger partial charge in [-0.2, -0.15) is 4.98 Å². The average Bonchev–Trinajstić information content (AvgIpc) is 2.73. The van der Waals surface area contributed by atoms with Crippen LogP contribution in [0.5, 0.6) is 0 Å². The number of piperidine rings is 1. The summed E-state index contributed by atoms with van der Waals surface area (Å²) in [6, 6.07) is 0.281. The smallest absolute Gasteiger partial charge is 0.292 e. The summed E-state index contributed by atoms with van der Waals surface area (Å²) >= 11 is 0. The second kappa shape index (κ2) is 5.06. The number of nitrogens with zero attached hydrogens (tertiary/aromatic N) is 2. The highest BCUT2D eigenvalue weighted by Gasteiger charge is 2.32. The zero-order valence-electron chi connectivity index (χ0n) is 11.1. The van der Waals surface area contributed by atoms with Gasteiger partial charge in [-0.3, -0.25) is 4.79 Å². The summed E-state index contributed by atoms with van der Waals surface area (Å²) in [5.41, 5.74) is 0.193. The van der Waals surface area contributed by atoms with Crippen LogP contribution in [0.15, 0.2) is 4.52 Å². The van der Waals surface area contributed by atoms with Gasteiger partial charge in [0.1, 0.15) is 0 Å². The second-order valence-electron chi connectivity index (χ2n) is 5.45. The highest BCUT2D eigenvalue weighted by atomic mass is 16.5. The fourth-order valence-electron chi connectivity index (χ4n) is 2.28. The van der Waals surface area contributed by atoms with Gasteiger partial charge in [-0.05, 0) is 24.8 Å². The Hall–Kier alpha value is -1.43. The molecule has 0 aliphatic carbocycles. The maximum Gasteiger partial charge on any atom is 0.292 e. The molecule has 0 bridgehead atoms.